The first kappa shape index (κ1) is 14.8. The normalized spacial score (nSPS) is 19.7. The largest absolute Gasteiger partial charge is 0.445 e. The summed E-state index contributed by atoms with van der Waals surface area (Å²) in [6, 6.07) is 9.52. The number of hydrogen-bond acceptors (Lipinski definition) is 4. The molecule has 0 aromatic heterocycles. The summed E-state index contributed by atoms with van der Waals surface area (Å²) in [4.78, 5) is 27.3. The quantitative estimate of drug-likeness (QED) is 0.904. The number of benzene rings is 1. The molecule has 0 atom stereocenters. The van der Waals surface area contributed by atoms with Crippen molar-refractivity contribution in [1.82, 2.24) is 9.80 Å². The zero-order valence-electron chi connectivity index (χ0n) is 12.4. The summed E-state index contributed by atoms with van der Waals surface area (Å²) < 4.78 is 5.28. The molecule has 3 rings (SSSR count). The average molecular weight is 304 g/mol. The molecule has 1 aromatic carbocycles. The fraction of sp³-hybridized carbons (Fsp3) is 0.500. The number of nitrogens with zero attached hydrogens (tertiary/aromatic N) is 2. The molecule has 0 unspecified atom stereocenters. The second-order valence-electron chi connectivity index (χ2n) is 5.85. The molecule has 1 heterocycles. The minimum Gasteiger partial charge on any atom is -0.445 e. The molecule has 0 spiro atoms. The first-order chi connectivity index (χ1) is 10.6. The van der Waals surface area contributed by atoms with Gasteiger partial charge >= 0.3 is 6.09 Å². The van der Waals surface area contributed by atoms with Gasteiger partial charge in [0.15, 0.2) is 0 Å². The molecule has 22 heavy (non-hydrogen) atoms. The van der Waals surface area contributed by atoms with Gasteiger partial charge in [0.2, 0.25) is 0 Å². The van der Waals surface area contributed by atoms with Gasteiger partial charge in [-0.05, 0) is 18.4 Å². The molecule has 6 heteroatoms. The molecule has 2 aliphatic rings. The Morgan fingerprint density at radius 3 is 2.23 bits per heavy atom. The van der Waals surface area contributed by atoms with Crippen molar-refractivity contribution in [1.29, 1.82) is 0 Å². The summed E-state index contributed by atoms with van der Waals surface area (Å²) in [7, 11) is 0. The van der Waals surface area contributed by atoms with Crippen LogP contribution < -0.4 is 0 Å². The van der Waals surface area contributed by atoms with E-state index in [0.29, 0.717) is 39.0 Å². The molecular weight excluding hydrogens is 284 g/mol. The van der Waals surface area contributed by atoms with Crippen LogP contribution in [0.15, 0.2) is 30.3 Å². The van der Waals surface area contributed by atoms with Crippen molar-refractivity contribution in [2.45, 2.75) is 25.0 Å². The van der Waals surface area contributed by atoms with E-state index in [1.54, 1.807) is 9.80 Å². The maximum absolute atomic E-state index is 12.0. The maximum Gasteiger partial charge on any atom is 0.410 e. The van der Waals surface area contributed by atoms with Crippen LogP contribution in [0.4, 0.5) is 4.79 Å². The Bertz CT molecular complexity index is 549. The monoisotopic (exact) mass is 304 g/mol. The van der Waals surface area contributed by atoms with Gasteiger partial charge in [-0.25, -0.2) is 4.79 Å². The second-order valence-corrected chi connectivity index (χ2v) is 5.85. The van der Waals surface area contributed by atoms with E-state index < -0.39 is 5.60 Å². The Hall–Kier alpha value is -2.08. The Kier molecular flexibility index (Phi) is 4.02. The zero-order valence-corrected chi connectivity index (χ0v) is 12.4. The molecule has 0 bridgehead atoms. The Morgan fingerprint density at radius 1 is 1.05 bits per heavy atom. The van der Waals surface area contributed by atoms with Gasteiger partial charge in [-0.2, -0.15) is 0 Å². The van der Waals surface area contributed by atoms with Crippen molar-refractivity contribution in [2.75, 3.05) is 26.2 Å². The molecule has 2 amide bonds. The Balaban J connectivity index is 1.45. The predicted molar refractivity (Wildman–Crippen MR) is 79.0 cm³/mol. The number of piperazine rings is 1. The standard InChI is InChI=1S/C16H20N2O4/c19-14(16(21)6-7-16)17-8-10-18(11-9-17)15(20)22-12-13-4-2-1-3-5-13/h1-5,21H,6-12H2. The number of amides is 2. The van der Waals surface area contributed by atoms with Crippen LogP contribution in [0.25, 0.3) is 0 Å². The van der Waals surface area contributed by atoms with Crippen LogP contribution in [0.5, 0.6) is 0 Å². The second kappa shape index (κ2) is 5.96. The highest BCUT2D eigenvalue weighted by Crippen LogP contribution is 2.37. The van der Waals surface area contributed by atoms with E-state index in [0.717, 1.165) is 5.56 Å². The molecule has 6 nitrogen and oxygen atoms in total. The number of carbonyl (C=O) groups excluding carboxylic acids is 2. The van der Waals surface area contributed by atoms with Crippen LogP contribution in [-0.4, -0.2) is 58.7 Å². The Labute approximate surface area is 129 Å². The number of rotatable bonds is 3. The van der Waals surface area contributed by atoms with E-state index in [1.807, 2.05) is 30.3 Å². The van der Waals surface area contributed by atoms with E-state index >= 15 is 0 Å². The molecule has 1 aliphatic carbocycles. The topological polar surface area (TPSA) is 70.1 Å². The van der Waals surface area contributed by atoms with E-state index in [2.05, 4.69) is 0 Å². The molecule has 118 valence electrons. The van der Waals surface area contributed by atoms with Crippen LogP contribution >= 0.6 is 0 Å². The zero-order chi connectivity index (χ0) is 15.6. The van der Waals surface area contributed by atoms with Crippen molar-refractivity contribution in [3.05, 3.63) is 35.9 Å². The number of ether oxygens (including phenoxy) is 1. The minimum absolute atomic E-state index is 0.204. The van der Waals surface area contributed by atoms with Gasteiger partial charge in [0.05, 0.1) is 0 Å². The van der Waals surface area contributed by atoms with Crippen molar-refractivity contribution in [3.63, 3.8) is 0 Å². The third kappa shape index (κ3) is 3.22. The maximum atomic E-state index is 12.0. The van der Waals surface area contributed by atoms with Crippen molar-refractivity contribution in [3.8, 4) is 0 Å². The van der Waals surface area contributed by atoms with Gasteiger partial charge in [0.25, 0.3) is 5.91 Å². The highest BCUT2D eigenvalue weighted by Gasteiger charge is 2.50. The van der Waals surface area contributed by atoms with Crippen molar-refractivity contribution in [2.24, 2.45) is 0 Å². The SMILES string of the molecule is O=C(OCc1ccccc1)N1CCN(C(=O)C2(O)CC2)CC1. The lowest BCUT2D eigenvalue weighted by molar-refractivity contribution is -0.144. The van der Waals surface area contributed by atoms with Crippen LogP contribution in [0.1, 0.15) is 18.4 Å². The predicted octanol–water partition coefficient (Wildman–Crippen LogP) is 0.992. The molecule has 1 aliphatic heterocycles. The molecule has 0 radical (unpaired) electrons. The highest BCUT2D eigenvalue weighted by molar-refractivity contribution is 5.88. The van der Waals surface area contributed by atoms with E-state index in [4.69, 9.17) is 4.74 Å². The van der Waals surface area contributed by atoms with Gasteiger partial charge in [-0.1, -0.05) is 30.3 Å². The molecule has 2 fully saturated rings. The first-order valence-electron chi connectivity index (χ1n) is 7.56. The van der Waals surface area contributed by atoms with Gasteiger partial charge in [-0.15, -0.1) is 0 Å². The van der Waals surface area contributed by atoms with Crippen LogP contribution in [-0.2, 0) is 16.1 Å². The third-order valence-corrected chi connectivity index (χ3v) is 4.15. The van der Waals surface area contributed by atoms with Crippen LogP contribution in [0.2, 0.25) is 0 Å². The Morgan fingerprint density at radius 2 is 1.64 bits per heavy atom. The van der Waals surface area contributed by atoms with E-state index in [9.17, 15) is 14.7 Å². The lowest BCUT2D eigenvalue weighted by Gasteiger charge is -2.35. The fourth-order valence-corrected chi connectivity index (χ4v) is 2.53. The molecule has 1 N–H and O–H groups in total. The van der Waals surface area contributed by atoms with Gasteiger partial charge in [-0.3, -0.25) is 4.79 Å². The summed E-state index contributed by atoms with van der Waals surface area (Å²) in [5.74, 6) is -0.204. The molecule has 1 saturated heterocycles. The third-order valence-electron chi connectivity index (χ3n) is 4.15. The molecular formula is C16H20N2O4. The molecule has 1 aromatic rings. The summed E-state index contributed by atoms with van der Waals surface area (Å²) >= 11 is 0. The fourth-order valence-electron chi connectivity index (χ4n) is 2.53. The summed E-state index contributed by atoms with van der Waals surface area (Å²) in [6.45, 7) is 2.02. The lowest BCUT2D eigenvalue weighted by Crippen LogP contribution is -2.53. The van der Waals surface area contributed by atoms with Gasteiger partial charge in [0, 0.05) is 26.2 Å². The number of hydrogen-bond donors (Lipinski definition) is 1. The summed E-state index contributed by atoms with van der Waals surface area (Å²) in [6.07, 6.45) is 0.733. The molecule has 1 saturated carbocycles. The summed E-state index contributed by atoms with van der Waals surface area (Å²) in [5.41, 5.74) is -0.184. The number of aliphatic hydroxyl groups is 1. The first-order valence-corrected chi connectivity index (χ1v) is 7.56. The lowest BCUT2D eigenvalue weighted by atomic mass is 10.2. The average Bonchev–Trinajstić information content (AvgIpc) is 3.32. The van der Waals surface area contributed by atoms with E-state index in [1.165, 1.54) is 0 Å². The summed E-state index contributed by atoms with van der Waals surface area (Å²) in [5, 5.41) is 9.84. The van der Waals surface area contributed by atoms with Crippen LogP contribution in [0.3, 0.4) is 0 Å². The van der Waals surface area contributed by atoms with Crippen molar-refractivity contribution >= 4 is 12.0 Å². The smallest absolute Gasteiger partial charge is 0.410 e. The highest BCUT2D eigenvalue weighted by atomic mass is 16.6. The van der Waals surface area contributed by atoms with Gasteiger partial charge < -0.3 is 19.6 Å². The van der Waals surface area contributed by atoms with Crippen LogP contribution in [0, 0.1) is 0 Å². The minimum atomic E-state index is -1.13. The van der Waals surface area contributed by atoms with Crippen molar-refractivity contribution < 1.29 is 19.4 Å². The van der Waals surface area contributed by atoms with E-state index in [-0.39, 0.29) is 18.6 Å². The number of carbonyl (C=O) groups is 2. The van der Waals surface area contributed by atoms with Gasteiger partial charge in [0.1, 0.15) is 12.2 Å².